The lowest BCUT2D eigenvalue weighted by atomic mass is 9.99. The molecular formula is C25H28N2O4. The quantitative estimate of drug-likeness (QED) is 0.586. The van der Waals surface area contributed by atoms with E-state index in [1.54, 1.807) is 19.4 Å². The molecule has 31 heavy (non-hydrogen) atoms. The number of fused-ring (bicyclic) bond motifs is 1. The van der Waals surface area contributed by atoms with Crippen molar-refractivity contribution in [3.63, 3.8) is 0 Å². The van der Waals surface area contributed by atoms with Gasteiger partial charge in [-0.3, -0.25) is 9.69 Å². The van der Waals surface area contributed by atoms with Crippen LogP contribution in [0.4, 0.5) is 0 Å². The number of methoxy groups -OCH3 is 1. The average Bonchev–Trinajstić information content (AvgIpc) is 3.22. The van der Waals surface area contributed by atoms with Crippen molar-refractivity contribution in [3.05, 3.63) is 60.4 Å². The van der Waals surface area contributed by atoms with E-state index in [0.29, 0.717) is 12.3 Å². The summed E-state index contributed by atoms with van der Waals surface area (Å²) in [7, 11) is 1.63. The molecule has 0 radical (unpaired) electrons. The van der Waals surface area contributed by atoms with Gasteiger partial charge >= 0.3 is 0 Å². The van der Waals surface area contributed by atoms with Crippen LogP contribution in [0.15, 0.2) is 59.2 Å². The maximum absolute atomic E-state index is 12.5. The zero-order valence-corrected chi connectivity index (χ0v) is 18.0. The molecule has 0 spiro atoms. The number of amides is 1. The summed E-state index contributed by atoms with van der Waals surface area (Å²) in [5.74, 6) is 0.569. The third kappa shape index (κ3) is 4.98. The van der Waals surface area contributed by atoms with Crippen LogP contribution >= 0.6 is 0 Å². The summed E-state index contributed by atoms with van der Waals surface area (Å²) >= 11 is 0. The number of hydrogen-bond donors (Lipinski definition) is 1. The number of hydrogen-bond acceptors (Lipinski definition) is 5. The fourth-order valence-corrected chi connectivity index (χ4v) is 3.86. The molecule has 2 aromatic carbocycles. The molecule has 0 saturated carbocycles. The molecule has 0 unspecified atom stereocenters. The van der Waals surface area contributed by atoms with Crippen LogP contribution in [0.2, 0.25) is 0 Å². The summed E-state index contributed by atoms with van der Waals surface area (Å²) in [6.07, 6.45) is 3.39. The molecule has 0 atom stereocenters. The lowest BCUT2D eigenvalue weighted by Gasteiger charge is -2.26. The van der Waals surface area contributed by atoms with E-state index in [1.165, 1.54) is 0 Å². The minimum Gasteiger partial charge on any atom is -0.496 e. The Labute approximate surface area is 182 Å². The van der Waals surface area contributed by atoms with Gasteiger partial charge in [0.15, 0.2) is 0 Å². The van der Waals surface area contributed by atoms with Crippen LogP contribution in [0.25, 0.3) is 27.7 Å². The highest BCUT2D eigenvalue weighted by Crippen LogP contribution is 2.37. The van der Waals surface area contributed by atoms with Crippen molar-refractivity contribution in [2.75, 3.05) is 46.5 Å². The van der Waals surface area contributed by atoms with Crippen LogP contribution in [0.1, 0.15) is 12.5 Å². The molecule has 1 N–H and O–H groups in total. The second-order valence-electron chi connectivity index (χ2n) is 7.64. The summed E-state index contributed by atoms with van der Waals surface area (Å²) in [5.41, 5.74) is 4.56. The first kappa shape index (κ1) is 21.2. The lowest BCUT2D eigenvalue weighted by molar-refractivity contribution is -0.116. The van der Waals surface area contributed by atoms with Gasteiger partial charge in [-0.1, -0.05) is 30.3 Å². The Hall–Kier alpha value is -3.09. The van der Waals surface area contributed by atoms with Gasteiger partial charge in [0.1, 0.15) is 11.3 Å². The molecule has 1 aromatic heterocycles. The minimum absolute atomic E-state index is 0.108. The molecule has 1 fully saturated rings. The molecular weight excluding hydrogens is 392 g/mol. The summed E-state index contributed by atoms with van der Waals surface area (Å²) in [5, 5.41) is 3.97. The van der Waals surface area contributed by atoms with Crippen molar-refractivity contribution in [2.24, 2.45) is 0 Å². The fraction of sp³-hybridized carbons (Fsp3) is 0.320. The highest BCUT2D eigenvalue weighted by molar-refractivity contribution is 6.00. The van der Waals surface area contributed by atoms with E-state index in [4.69, 9.17) is 13.9 Å². The molecule has 3 aromatic rings. The fourth-order valence-electron chi connectivity index (χ4n) is 3.86. The summed E-state index contributed by atoms with van der Waals surface area (Å²) in [6, 6.07) is 14.0. The molecule has 6 nitrogen and oxygen atoms in total. The number of carbonyl (C=O) groups excluding carboxylic acids is 1. The number of morpholine rings is 1. The number of ether oxygens (including phenoxy) is 2. The number of rotatable bonds is 7. The summed E-state index contributed by atoms with van der Waals surface area (Å²) < 4.78 is 16.7. The van der Waals surface area contributed by atoms with E-state index in [9.17, 15) is 4.79 Å². The lowest BCUT2D eigenvalue weighted by Crippen LogP contribution is -2.41. The molecule has 1 saturated heterocycles. The Morgan fingerprint density at radius 3 is 2.71 bits per heavy atom. The van der Waals surface area contributed by atoms with Crippen LogP contribution in [0, 0.1) is 0 Å². The van der Waals surface area contributed by atoms with E-state index in [2.05, 4.69) is 22.3 Å². The highest BCUT2D eigenvalue weighted by Gasteiger charge is 2.15. The first-order valence-corrected chi connectivity index (χ1v) is 10.6. The Balaban J connectivity index is 1.53. The molecule has 1 aliphatic heterocycles. The molecule has 0 aliphatic carbocycles. The predicted octanol–water partition coefficient (Wildman–Crippen LogP) is 3.96. The molecule has 6 heteroatoms. The van der Waals surface area contributed by atoms with Crippen molar-refractivity contribution in [1.29, 1.82) is 0 Å². The van der Waals surface area contributed by atoms with Gasteiger partial charge in [-0.25, -0.2) is 0 Å². The minimum atomic E-state index is -0.108. The van der Waals surface area contributed by atoms with E-state index < -0.39 is 0 Å². The average molecular weight is 421 g/mol. The largest absolute Gasteiger partial charge is 0.496 e. The summed E-state index contributed by atoms with van der Waals surface area (Å²) in [6.45, 7) is 6.70. The first-order valence-electron chi connectivity index (χ1n) is 10.6. The number of nitrogens with zero attached hydrogens (tertiary/aromatic N) is 1. The molecule has 2 heterocycles. The van der Waals surface area contributed by atoms with Crippen LogP contribution < -0.4 is 10.1 Å². The maximum Gasteiger partial charge on any atom is 0.244 e. The van der Waals surface area contributed by atoms with E-state index in [-0.39, 0.29) is 5.91 Å². The van der Waals surface area contributed by atoms with Gasteiger partial charge in [-0.15, -0.1) is 0 Å². The van der Waals surface area contributed by atoms with Gasteiger partial charge in [0, 0.05) is 54.8 Å². The molecule has 1 aliphatic rings. The Morgan fingerprint density at radius 2 is 1.97 bits per heavy atom. The van der Waals surface area contributed by atoms with Crippen molar-refractivity contribution >= 4 is 22.4 Å². The van der Waals surface area contributed by atoms with Gasteiger partial charge in [0.05, 0.1) is 26.6 Å². The van der Waals surface area contributed by atoms with Crippen LogP contribution in [0.3, 0.4) is 0 Å². The number of furan rings is 1. The molecule has 4 rings (SSSR count). The van der Waals surface area contributed by atoms with Crippen LogP contribution in [-0.2, 0) is 9.53 Å². The topological polar surface area (TPSA) is 63.9 Å². The standard InChI is InChI=1S/C25H28N2O4/c1-18(14-25(28)26-8-9-27-10-12-30-13-11-27)20-15-21-22(19-6-4-3-5-7-19)17-31-24(21)16-23(20)29-2/h3-7,14-17H,8-13H2,1-2H3,(H,26,28)/b18-14+. The van der Waals surface area contributed by atoms with E-state index in [0.717, 1.165) is 66.1 Å². The molecule has 1 amide bonds. The molecule has 0 bridgehead atoms. The Bertz CT molecular complexity index is 1070. The van der Waals surface area contributed by atoms with Gasteiger partial charge in [0.2, 0.25) is 5.91 Å². The van der Waals surface area contributed by atoms with Crippen molar-refractivity contribution < 1.29 is 18.7 Å². The van der Waals surface area contributed by atoms with Crippen molar-refractivity contribution in [2.45, 2.75) is 6.92 Å². The van der Waals surface area contributed by atoms with Crippen LogP contribution in [-0.4, -0.2) is 57.3 Å². The normalized spacial score (nSPS) is 15.2. The monoisotopic (exact) mass is 420 g/mol. The van der Waals surface area contributed by atoms with Crippen molar-refractivity contribution in [3.8, 4) is 16.9 Å². The third-order valence-corrected chi connectivity index (χ3v) is 5.58. The number of benzene rings is 2. The zero-order valence-electron chi connectivity index (χ0n) is 18.0. The van der Waals surface area contributed by atoms with Crippen molar-refractivity contribution in [1.82, 2.24) is 10.2 Å². The van der Waals surface area contributed by atoms with E-state index in [1.807, 2.05) is 37.3 Å². The number of nitrogens with one attached hydrogen (secondary N) is 1. The van der Waals surface area contributed by atoms with Gasteiger partial charge in [0.25, 0.3) is 0 Å². The third-order valence-electron chi connectivity index (χ3n) is 5.58. The van der Waals surface area contributed by atoms with Gasteiger partial charge in [-0.2, -0.15) is 0 Å². The van der Waals surface area contributed by atoms with Crippen LogP contribution in [0.5, 0.6) is 5.75 Å². The second-order valence-corrected chi connectivity index (χ2v) is 7.64. The second kappa shape index (κ2) is 9.81. The highest BCUT2D eigenvalue weighted by atomic mass is 16.5. The zero-order chi connectivity index (χ0) is 21.6. The smallest absolute Gasteiger partial charge is 0.244 e. The maximum atomic E-state index is 12.5. The molecule has 162 valence electrons. The summed E-state index contributed by atoms with van der Waals surface area (Å²) in [4.78, 5) is 14.8. The SMILES string of the molecule is COc1cc2occ(-c3ccccc3)c2cc1/C(C)=C/C(=O)NCCN1CCOCC1. The first-order chi connectivity index (χ1) is 15.2. The predicted molar refractivity (Wildman–Crippen MR) is 122 cm³/mol. The van der Waals surface area contributed by atoms with E-state index >= 15 is 0 Å². The van der Waals surface area contributed by atoms with Gasteiger partial charge in [-0.05, 0) is 24.1 Å². The Morgan fingerprint density at radius 1 is 1.19 bits per heavy atom. The Kier molecular flexibility index (Phi) is 6.70. The number of allylic oxidation sites excluding steroid dienone is 1. The number of carbonyl (C=O) groups is 1. The van der Waals surface area contributed by atoms with Gasteiger partial charge < -0.3 is 19.2 Å².